The van der Waals surface area contributed by atoms with Crippen LogP contribution in [0.3, 0.4) is 0 Å². The lowest BCUT2D eigenvalue weighted by molar-refractivity contribution is 0.464. The number of halogens is 2. The second-order valence-electron chi connectivity index (χ2n) is 3.33. The van der Waals surface area contributed by atoms with Crippen LogP contribution in [0.5, 0.6) is 5.75 Å². The minimum absolute atomic E-state index is 0.131. The Labute approximate surface area is 119 Å². The van der Waals surface area contributed by atoms with Gasteiger partial charge in [-0.1, -0.05) is 15.9 Å². The zero-order chi connectivity index (χ0) is 13.1. The molecule has 0 saturated carbocycles. The first kappa shape index (κ1) is 13.0. The van der Waals surface area contributed by atoms with Crippen molar-refractivity contribution in [1.29, 1.82) is 0 Å². The number of aromatic hydroxyl groups is 1. The Balaban J connectivity index is 2.16. The van der Waals surface area contributed by atoms with E-state index in [0.717, 1.165) is 9.15 Å². The van der Waals surface area contributed by atoms with Gasteiger partial charge in [0.2, 0.25) is 0 Å². The summed E-state index contributed by atoms with van der Waals surface area (Å²) < 4.78 is 2.57. The van der Waals surface area contributed by atoms with Crippen molar-refractivity contribution in [2.75, 3.05) is 5.84 Å². The second kappa shape index (κ2) is 5.44. The van der Waals surface area contributed by atoms with Gasteiger partial charge in [0.15, 0.2) is 0 Å². The molecular weight excluding hydrogens is 368 g/mol. The fourth-order valence-electron chi connectivity index (χ4n) is 1.22. The summed E-state index contributed by atoms with van der Waals surface area (Å²) in [5.74, 6) is 5.80. The van der Waals surface area contributed by atoms with Crippen molar-refractivity contribution in [3.05, 3.63) is 33.0 Å². The summed E-state index contributed by atoms with van der Waals surface area (Å²) in [6, 6.07) is 3.50. The number of phenolic OH excluding ortho intramolecular Hbond substituents is 1. The molecule has 94 valence electrons. The number of azo groups is 1. The number of rotatable bonds is 3. The molecule has 0 aliphatic rings. The zero-order valence-electron chi connectivity index (χ0n) is 8.96. The molecule has 0 fully saturated rings. The minimum atomic E-state index is 0.131. The van der Waals surface area contributed by atoms with Crippen molar-refractivity contribution < 1.29 is 5.11 Å². The van der Waals surface area contributed by atoms with Crippen molar-refractivity contribution in [2.45, 2.75) is 6.54 Å². The van der Waals surface area contributed by atoms with E-state index in [1.165, 1.54) is 6.33 Å². The topological polar surface area (TPSA) is 102 Å². The lowest BCUT2D eigenvalue weighted by Gasteiger charge is -2.04. The number of nitrogens with two attached hydrogens (primary N) is 1. The van der Waals surface area contributed by atoms with E-state index in [4.69, 9.17) is 5.84 Å². The van der Waals surface area contributed by atoms with E-state index in [-0.39, 0.29) is 18.2 Å². The molecule has 0 aliphatic carbocycles. The van der Waals surface area contributed by atoms with Crippen LogP contribution < -0.4 is 5.84 Å². The number of hydrogen-bond acceptors (Lipinski definition) is 6. The maximum atomic E-state index is 9.81. The third-order valence-corrected chi connectivity index (χ3v) is 3.12. The van der Waals surface area contributed by atoms with Crippen molar-refractivity contribution >= 4 is 37.8 Å². The standard InChI is InChI=1S/C9H8Br2N6O/c10-6-1-5(8(18)7(11)2-6)3-13-15-9-16-14-4-17(9)12/h1-2,4,18H,3,12H2. The molecule has 1 aromatic heterocycles. The summed E-state index contributed by atoms with van der Waals surface area (Å²) in [5, 5.41) is 24.7. The Morgan fingerprint density at radius 2 is 2.17 bits per heavy atom. The monoisotopic (exact) mass is 374 g/mol. The first-order valence-electron chi connectivity index (χ1n) is 4.77. The Kier molecular flexibility index (Phi) is 3.92. The van der Waals surface area contributed by atoms with E-state index in [2.05, 4.69) is 52.3 Å². The fourth-order valence-corrected chi connectivity index (χ4v) is 2.54. The van der Waals surface area contributed by atoms with E-state index in [0.29, 0.717) is 10.0 Å². The van der Waals surface area contributed by atoms with Gasteiger partial charge in [-0.2, -0.15) is 5.11 Å². The van der Waals surface area contributed by atoms with Crippen LogP contribution in [0.2, 0.25) is 0 Å². The number of nitrogen functional groups attached to an aromatic ring is 1. The molecule has 0 bridgehead atoms. The molecule has 0 atom stereocenters. The molecule has 0 unspecified atom stereocenters. The third-order valence-electron chi connectivity index (χ3n) is 2.06. The molecule has 2 rings (SSSR count). The molecule has 7 nitrogen and oxygen atoms in total. The smallest absolute Gasteiger partial charge is 0.287 e. The van der Waals surface area contributed by atoms with Crippen LogP contribution in [-0.2, 0) is 6.54 Å². The van der Waals surface area contributed by atoms with Crippen LogP contribution in [0.1, 0.15) is 5.56 Å². The van der Waals surface area contributed by atoms with Gasteiger partial charge in [0.25, 0.3) is 5.95 Å². The van der Waals surface area contributed by atoms with E-state index >= 15 is 0 Å². The predicted molar refractivity (Wildman–Crippen MR) is 71.9 cm³/mol. The van der Waals surface area contributed by atoms with Crippen LogP contribution in [0.25, 0.3) is 0 Å². The van der Waals surface area contributed by atoms with Crippen LogP contribution in [0.4, 0.5) is 5.95 Å². The molecule has 9 heteroatoms. The maximum Gasteiger partial charge on any atom is 0.287 e. The summed E-state index contributed by atoms with van der Waals surface area (Å²) >= 11 is 6.57. The highest BCUT2D eigenvalue weighted by Crippen LogP contribution is 2.32. The van der Waals surface area contributed by atoms with Gasteiger partial charge in [-0.3, -0.25) is 0 Å². The molecule has 0 aliphatic heterocycles. The normalized spacial score (nSPS) is 11.2. The van der Waals surface area contributed by atoms with Gasteiger partial charge in [-0.05, 0) is 28.1 Å². The third kappa shape index (κ3) is 2.85. The van der Waals surface area contributed by atoms with Gasteiger partial charge in [-0.15, -0.1) is 15.3 Å². The van der Waals surface area contributed by atoms with Gasteiger partial charge in [0.1, 0.15) is 12.1 Å². The number of nitrogens with zero attached hydrogens (tertiary/aromatic N) is 5. The minimum Gasteiger partial charge on any atom is -0.506 e. The average Bonchev–Trinajstić information content (AvgIpc) is 2.71. The number of benzene rings is 1. The molecular formula is C9H8Br2N6O. The molecule has 3 N–H and O–H groups in total. The SMILES string of the molecule is Nn1cnnc1N=NCc1cc(Br)cc(Br)c1O. The Bertz CT molecular complexity index is 597. The van der Waals surface area contributed by atoms with Gasteiger partial charge in [0.05, 0.1) is 11.0 Å². The van der Waals surface area contributed by atoms with E-state index in [9.17, 15) is 5.11 Å². The quantitative estimate of drug-likeness (QED) is 0.635. The van der Waals surface area contributed by atoms with Crippen molar-refractivity contribution in [1.82, 2.24) is 14.9 Å². The number of hydrogen-bond donors (Lipinski definition) is 2. The highest BCUT2D eigenvalue weighted by molar-refractivity contribution is 9.11. The average molecular weight is 376 g/mol. The van der Waals surface area contributed by atoms with Gasteiger partial charge in [0, 0.05) is 10.0 Å². The lowest BCUT2D eigenvalue weighted by atomic mass is 10.2. The van der Waals surface area contributed by atoms with E-state index in [1.54, 1.807) is 12.1 Å². The molecule has 1 heterocycles. The van der Waals surface area contributed by atoms with Gasteiger partial charge < -0.3 is 10.9 Å². The van der Waals surface area contributed by atoms with Crippen molar-refractivity contribution in [2.24, 2.45) is 10.2 Å². The molecule has 2 aromatic rings. The molecule has 1 aromatic carbocycles. The van der Waals surface area contributed by atoms with Crippen LogP contribution >= 0.6 is 31.9 Å². The summed E-state index contributed by atoms with van der Waals surface area (Å²) in [7, 11) is 0. The van der Waals surface area contributed by atoms with Crippen LogP contribution in [0, 0.1) is 0 Å². The lowest BCUT2D eigenvalue weighted by Crippen LogP contribution is -2.04. The Morgan fingerprint density at radius 3 is 2.83 bits per heavy atom. The summed E-state index contributed by atoms with van der Waals surface area (Å²) in [5.41, 5.74) is 0.628. The van der Waals surface area contributed by atoms with Crippen LogP contribution in [-0.4, -0.2) is 20.0 Å². The molecule has 0 saturated heterocycles. The highest BCUT2D eigenvalue weighted by atomic mass is 79.9. The maximum absolute atomic E-state index is 9.81. The summed E-state index contributed by atoms with van der Waals surface area (Å²) in [6.07, 6.45) is 1.32. The summed E-state index contributed by atoms with van der Waals surface area (Å²) in [6.45, 7) is 0.205. The zero-order valence-corrected chi connectivity index (χ0v) is 12.1. The summed E-state index contributed by atoms with van der Waals surface area (Å²) in [4.78, 5) is 0. The highest BCUT2D eigenvalue weighted by Gasteiger charge is 2.07. The molecule has 0 amide bonds. The fraction of sp³-hybridized carbons (Fsp3) is 0.111. The molecule has 18 heavy (non-hydrogen) atoms. The number of phenols is 1. The predicted octanol–water partition coefficient (Wildman–Crippen LogP) is 2.51. The molecule has 0 radical (unpaired) electrons. The second-order valence-corrected chi connectivity index (χ2v) is 5.10. The first-order valence-corrected chi connectivity index (χ1v) is 6.36. The van der Waals surface area contributed by atoms with Gasteiger partial charge >= 0.3 is 0 Å². The van der Waals surface area contributed by atoms with Gasteiger partial charge in [-0.25, -0.2) is 4.68 Å². The van der Waals surface area contributed by atoms with Crippen LogP contribution in [0.15, 0.2) is 37.6 Å². The molecule has 0 spiro atoms. The van der Waals surface area contributed by atoms with E-state index in [1.807, 2.05) is 0 Å². The Hall–Kier alpha value is -1.48. The van der Waals surface area contributed by atoms with Crippen molar-refractivity contribution in [3.63, 3.8) is 0 Å². The Morgan fingerprint density at radius 1 is 1.39 bits per heavy atom. The van der Waals surface area contributed by atoms with Crippen molar-refractivity contribution in [3.8, 4) is 5.75 Å². The first-order chi connectivity index (χ1) is 8.58. The van der Waals surface area contributed by atoms with E-state index < -0.39 is 0 Å². The number of aromatic nitrogens is 3. The largest absolute Gasteiger partial charge is 0.506 e.